The second kappa shape index (κ2) is 6.32. The normalized spacial score (nSPS) is 25.2. The molecule has 0 spiro atoms. The van der Waals surface area contributed by atoms with E-state index < -0.39 is 0 Å². The smallest absolute Gasteiger partial charge is 0.0349 e. The minimum Gasteiger partial charge on any atom is -0.309 e. The maximum Gasteiger partial charge on any atom is 0.0349 e. The molecule has 1 heterocycles. The van der Waals surface area contributed by atoms with E-state index in [-0.39, 0.29) is 0 Å². The van der Waals surface area contributed by atoms with Gasteiger partial charge in [-0.05, 0) is 49.8 Å². The molecule has 0 amide bonds. The van der Waals surface area contributed by atoms with Gasteiger partial charge in [-0.3, -0.25) is 0 Å². The molecule has 2 unspecified atom stereocenters. The van der Waals surface area contributed by atoms with Crippen LogP contribution in [0.2, 0.25) is 0 Å². The fraction of sp³-hybridized carbons (Fsp3) is 0.647. The van der Waals surface area contributed by atoms with Gasteiger partial charge in [-0.1, -0.05) is 36.2 Å². The summed E-state index contributed by atoms with van der Waals surface area (Å²) in [6.07, 6.45) is 7.07. The van der Waals surface area contributed by atoms with Crippen molar-refractivity contribution in [3.8, 4) is 0 Å². The van der Waals surface area contributed by atoms with E-state index in [2.05, 4.69) is 48.3 Å². The Morgan fingerprint density at radius 1 is 1.16 bits per heavy atom. The second-order valence-corrected chi connectivity index (χ2v) is 7.53. The van der Waals surface area contributed by atoms with Crippen LogP contribution in [0.25, 0.3) is 0 Å². The van der Waals surface area contributed by atoms with Crippen molar-refractivity contribution in [2.45, 2.75) is 50.3 Å². The summed E-state index contributed by atoms with van der Waals surface area (Å²) in [7, 11) is 0. The Labute approximate surface area is 121 Å². The molecular weight excluding hydrogens is 250 g/mol. The average Bonchev–Trinajstić information content (AvgIpc) is 3.27. The lowest BCUT2D eigenvalue weighted by Crippen LogP contribution is -2.31. The Morgan fingerprint density at radius 2 is 1.95 bits per heavy atom. The largest absolute Gasteiger partial charge is 0.309 e. The summed E-state index contributed by atoms with van der Waals surface area (Å²) < 4.78 is 0. The van der Waals surface area contributed by atoms with Crippen molar-refractivity contribution < 1.29 is 0 Å². The van der Waals surface area contributed by atoms with Gasteiger partial charge < -0.3 is 5.32 Å². The molecule has 104 valence electrons. The number of aryl methyl sites for hydroxylation is 1. The summed E-state index contributed by atoms with van der Waals surface area (Å²) in [5.74, 6) is 2.25. The Kier molecular flexibility index (Phi) is 4.49. The van der Waals surface area contributed by atoms with Crippen LogP contribution in [-0.2, 0) is 0 Å². The molecule has 2 fully saturated rings. The lowest BCUT2D eigenvalue weighted by molar-refractivity contribution is 0.468. The van der Waals surface area contributed by atoms with Crippen LogP contribution in [0.4, 0.5) is 0 Å². The zero-order valence-corrected chi connectivity index (χ0v) is 12.7. The van der Waals surface area contributed by atoms with Crippen molar-refractivity contribution in [2.24, 2.45) is 5.92 Å². The quantitative estimate of drug-likeness (QED) is 0.859. The van der Waals surface area contributed by atoms with E-state index in [1.807, 2.05) is 0 Å². The van der Waals surface area contributed by atoms with E-state index in [1.165, 1.54) is 55.5 Å². The Bertz CT molecular complexity index is 390. The third-order valence-electron chi connectivity index (χ3n) is 4.37. The lowest BCUT2D eigenvalue weighted by Gasteiger charge is -2.25. The van der Waals surface area contributed by atoms with Crippen LogP contribution in [0.3, 0.4) is 0 Å². The van der Waals surface area contributed by atoms with Gasteiger partial charge in [0.2, 0.25) is 0 Å². The minimum absolute atomic E-state index is 0.600. The third kappa shape index (κ3) is 3.76. The maximum atomic E-state index is 3.87. The number of nitrogens with one attached hydrogen (secondary N) is 1. The molecule has 1 saturated carbocycles. The van der Waals surface area contributed by atoms with Crippen LogP contribution in [-0.4, -0.2) is 17.5 Å². The topological polar surface area (TPSA) is 12.0 Å². The highest BCUT2D eigenvalue weighted by Crippen LogP contribution is 2.41. The van der Waals surface area contributed by atoms with Gasteiger partial charge in [0.05, 0.1) is 0 Å². The van der Waals surface area contributed by atoms with E-state index in [1.54, 1.807) is 0 Å². The van der Waals surface area contributed by atoms with Gasteiger partial charge in [-0.25, -0.2) is 0 Å². The van der Waals surface area contributed by atoms with Crippen LogP contribution in [0.1, 0.15) is 49.3 Å². The van der Waals surface area contributed by atoms with E-state index in [0.29, 0.717) is 6.04 Å². The summed E-state index contributed by atoms with van der Waals surface area (Å²) >= 11 is 2.17. The van der Waals surface area contributed by atoms with Crippen LogP contribution in [0.15, 0.2) is 24.3 Å². The van der Waals surface area contributed by atoms with Crippen LogP contribution < -0.4 is 5.32 Å². The highest BCUT2D eigenvalue weighted by molar-refractivity contribution is 7.99. The van der Waals surface area contributed by atoms with Crippen molar-refractivity contribution >= 4 is 11.8 Å². The lowest BCUT2D eigenvalue weighted by atomic mass is 10.0. The Balaban J connectivity index is 1.59. The van der Waals surface area contributed by atoms with Gasteiger partial charge >= 0.3 is 0 Å². The SMILES string of the molecule is Cc1ccc(C(NCC2CCCCS2)C2CC2)cc1. The first-order valence-electron chi connectivity index (χ1n) is 7.74. The van der Waals surface area contributed by atoms with Crippen molar-refractivity contribution in [2.75, 3.05) is 12.3 Å². The van der Waals surface area contributed by atoms with Gasteiger partial charge in [0.15, 0.2) is 0 Å². The number of benzene rings is 1. The summed E-state index contributed by atoms with van der Waals surface area (Å²) in [4.78, 5) is 0. The highest BCUT2D eigenvalue weighted by atomic mass is 32.2. The number of hydrogen-bond donors (Lipinski definition) is 1. The number of hydrogen-bond acceptors (Lipinski definition) is 2. The predicted molar refractivity (Wildman–Crippen MR) is 84.7 cm³/mol. The van der Waals surface area contributed by atoms with Crippen LogP contribution in [0, 0.1) is 12.8 Å². The average molecular weight is 275 g/mol. The van der Waals surface area contributed by atoms with E-state index in [0.717, 1.165) is 11.2 Å². The third-order valence-corrected chi connectivity index (χ3v) is 5.77. The van der Waals surface area contributed by atoms with E-state index in [9.17, 15) is 0 Å². The summed E-state index contributed by atoms with van der Waals surface area (Å²) in [5.41, 5.74) is 2.86. The van der Waals surface area contributed by atoms with Crippen molar-refractivity contribution in [3.63, 3.8) is 0 Å². The first-order chi connectivity index (χ1) is 9.33. The van der Waals surface area contributed by atoms with Crippen molar-refractivity contribution in [1.29, 1.82) is 0 Å². The monoisotopic (exact) mass is 275 g/mol. The molecule has 1 aromatic rings. The van der Waals surface area contributed by atoms with Gasteiger partial charge in [0.25, 0.3) is 0 Å². The molecule has 0 aromatic heterocycles. The summed E-state index contributed by atoms with van der Waals surface area (Å²) in [6, 6.07) is 9.74. The number of rotatable bonds is 5. The summed E-state index contributed by atoms with van der Waals surface area (Å²) in [5, 5.41) is 4.71. The van der Waals surface area contributed by atoms with Crippen LogP contribution in [0.5, 0.6) is 0 Å². The highest BCUT2D eigenvalue weighted by Gasteiger charge is 2.32. The van der Waals surface area contributed by atoms with Crippen LogP contribution >= 0.6 is 11.8 Å². The molecule has 2 heteroatoms. The van der Waals surface area contributed by atoms with E-state index in [4.69, 9.17) is 0 Å². The molecule has 3 rings (SSSR count). The molecule has 0 radical (unpaired) electrons. The fourth-order valence-electron chi connectivity index (χ4n) is 2.99. The molecule has 0 bridgehead atoms. The molecule has 1 N–H and O–H groups in total. The molecule has 1 aromatic carbocycles. The Morgan fingerprint density at radius 3 is 2.58 bits per heavy atom. The number of thioether (sulfide) groups is 1. The van der Waals surface area contributed by atoms with E-state index >= 15 is 0 Å². The molecule has 19 heavy (non-hydrogen) atoms. The van der Waals surface area contributed by atoms with Gasteiger partial charge in [-0.15, -0.1) is 0 Å². The first-order valence-corrected chi connectivity index (χ1v) is 8.79. The van der Waals surface area contributed by atoms with Gasteiger partial charge in [0, 0.05) is 17.8 Å². The fourth-order valence-corrected chi connectivity index (χ4v) is 4.24. The van der Waals surface area contributed by atoms with Crippen molar-refractivity contribution in [1.82, 2.24) is 5.32 Å². The first kappa shape index (κ1) is 13.5. The maximum absolute atomic E-state index is 3.87. The second-order valence-electron chi connectivity index (χ2n) is 6.12. The Hall–Kier alpha value is -0.470. The standard InChI is InChI=1S/C17H25NS/c1-13-5-7-14(8-6-13)17(15-9-10-15)18-12-16-4-2-3-11-19-16/h5-8,15-18H,2-4,9-12H2,1H3. The molecule has 1 aliphatic heterocycles. The molecule has 2 atom stereocenters. The molecular formula is C17H25NS. The molecule has 2 aliphatic rings. The predicted octanol–water partition coefficient (Wildman–Crippen LogP) is 4.32. The molecule has 1 nitrogen and oxygen atoms in total. The zero-order valence-electron chi connectivity index (χ0n) is 11.9. The minimum atomic E-state index is 0.600. The van der Waals surface area contributed by atoms with Gasteiger partial charge in [-0.2, -0.15) is 11.8 Å². The molecule has 1 aliphatic carbocycles. The molecule has 1 saturated heterocycles. The summed E-state index contributed by atoms with van der Waals surface area (Å²) in [6.45, 7) is 3.36. The zero-order chi connectivity index (χ0) is 13.1. The van der Waals surface area contributed by atoms with Gasteiger partial charge in [0.1, 0.15) is 0 Å². The van der Waals surface area contributed by atoms with Crippen molar-refractivity contribution in [3.05, 3.63) is 35.4 Å².